The van der Waals surface area contributed by atoms with Crippen LogP contribution in [0.4, 0.5) is 11.4 Å². The van der Waals surface area contributed by atoms with Crippen molar-refractivity contribution in [3.8, 4) is 0 Å². The Morgan fingerprint density at radius 1 is 1.14 bits per heavy atom. The molecule has 0 radical (unpaired) electrons. The number of rotatable bonds is 5. The minimum atomic E-state index is -0.424. The standard InChI is InChI=1S/C20H23ClN4O3/c1-14(15-3-6-17(21)7-4-15)22-20(26)16-5-8-18(19(13-16)25(27)28)24-11-9-23(2)10-12-24/h3-8,13-14H,9-12H2,1-2H3,(H,22,26). The predicted octanol–water partition coefficient (Wildman–Crippen LogP) is 3.49. The van der Waals surface area contributed by atoms with Crippen LogP contribution in [-0.2, 0) is 0 Å². The lowest BCUT2D eigenvalue weighted by molar-refractivity contribution is -0.384. The smallest absolute Gasteiger partial charge is 0.293 e. The first-order chi connectivity index (χ1) is 13.3. The molecule has 1 unspecified atom stereocenters. The molecule has 0 aliphatic carbocycles. The zero-order valence-electron chi connectivity index (χ0n) is 15.9. The summed E-state index contributed by atoms with van der Waals surface area (Å²) in [6, 6.07) is 11.6. The van der Waals surface area contributed by atoms with E-state index in [9.17, 15) is 14.9 Å². The third-order valence-corrected chi connectivity index (χ3v) is 5.25. The second-order valence-corrected chi connectivity index (χ2v) is 7.43. The number of amides is 1. The Morgan fingerprint density at radius 3 is 2.39 bits per heavy atom. The van der Waals surface area contributed by atoms with Crippen molar-refractivity contribution in [2.75, 3.05) is 38.1 Å². The van der Waals surface area contributed by atoms with Crippen molar-refractivity contribution in [3.63, 3.8) is 0 Å². The molecule has 2 aromatic rings. The van der Waals surface area contributed by atoms with E-state index in [0.717, 1.165) is 31.7 Å². The molecule has 1 fully saturated rings. The predicted molar refractivity (Wildman–Crippen MR) is 110 cm³/mol. The Kier molecular flexibility index (Phi) is 6.16. The Hall–Kier alpha value is -2.64. The fraction of sp³-hybridized carbons (Fsp3) is 0.350. The van der Waals surface area contributed by atoms with Crippen LogP contribution in [0.25, 0.3) is 0 Å². The number of halogens is 1. The van der Waals surface area contributed by atoms with Crippen molar-refractivity contribution in [1.82, 2.24) is 10.2 Å². The van der Waals surface area contributed by atoms with Crippen LogP contribution in [0.2, 0.25) is 5.02 Å². The first-order valence-electron chi connectivity index (χ1n) is 9.13. The molecule has 1 aliphatic heterocycles. The molecule has 3 rings (SSSR count). The monoisotopic (exact) mass is 402 g/mol. The molecule has 0 spiro atoms. The summed E-state index contributed by atoms with van der Waals surface area (Å²) in [6.07, 6.45) is 0. The molecule has 1 N–H and O–H groups in total. The maximum absolute atomic E-state index is 12.6. The van der Waals surface area contributed by atoms with E-state index in [1.807, 2.05) is 31.0 Å². The summed E-state index contributed by atoms with van der Waals surface area (Å²) >= 11 is 5.89. The van der Waals surface area contributed by atoms with Crippen LogP contribution in [0.15, 0.2) is 42.5 Å². The molecule has 1 saturated heterocycles. The van der Waals surface area contributed by atoms with E-state index in [-0.39, 0.29) is 23.2 Å². The Balaban J connectivity index is 1.78. The van der Waals surface area contributed by atoms with Crippen LogP contribution in [0.1, 0.15) is 28.9 Å². The highest BCUT2D eigenvalue weighted by Crippen LogP contribution is 2.30. The highest BCUT2D eigenvalue weighted by Gasteiger charge is 2.24. The Morgan fingerprint density at radius 2 is 1.79 bits per heavy atom. The average Bonchev–Trinajstić information content (AvgIpc) is 2.68. The first-order valence-corrected chi connectivity index (χ1v) is 9.51. The summed E-state index contributed by atoms with van der Waals surface area (Å²) in [5.74, 6) is -0.351. The van der Waals surface area contributed by atoms with Gasteiger partial charge in [0.15, 0.2) is 0 Å². The molecule has 0 aromatic heterocycles. The minimum absolute atomic E-state index is 0.0450. The lowest BCUT2D eigenvalue weighted by Crippen LogP contribution is -2.44. The number of carbonyl (C=O) groups is 1. The van der Waals surface area contributed by atoms with E-state index in [2.05, 4.69) is 10.2 Å². The van der Waals surface area contributed by atoms with E-state index in [4.69, 9.17) is 11.6 Å². The minimum Gasteiger partial charge on any atom is -0.363 e. The molecule has 28 heavy (non-hydrogen) atoms. The zero-order valence-corrected chi connectivity index (χ0v) is 16.6. The van der Waals surface area contributed by atoms with E-state index in [1.165, 1.54) is 6.07 Å². The van der Waals surface area contributed by atoms with Crippen molar-refractivity contribution in [2.24, 2.45) is 0 Å². The average molecular weight is 403 g/mol. The van der Waals surface area contributed by atoms with E-state index in [0.29, 0.717) is 10.7 Å². The summed E-state index contributed by atoms with van der Waals surface area (Å²) < 4.78 is 0. The summed E-state index contributed by atoms with van der Waals surface area (Å²) in [4.78, 5) is 28.0. The van der Waals surface area contributed by atoms with Crippen LogP contribution in [0.3, 0.4) is 0 Å². The topological polar surface area (TPSA) is 78.7 Å². The number of carbonyl (C=O) groups excluding carboxylic acids is 1. The lowest BCUT2D eigenvalue weighted by Gasteiger charge is -2.33. The van der Waals surface area contributed by atoms with Gasteiger partial charge in [-0.2, -0.15) is 0 Å². The van der Waals surface area contributed by atoms with Crippen LogP contribution < -0.4 is 10.2 Å². The van der Waals surface area contributed by atoms with Gasteiger partial charge in [0.1, 0.15) is 5.69 Å². The van der Waals surface area contributed by atoms with Gasteiger partial charge < -0.3 is 15.1 Å². The Bertz CT molecular complexity index is 864. The van der Waals surface area contributed by atoms with Crippen molar-refractivity contribution in [3.05, 3.63) is 68.7 Å². The highest BCUT2D eigenvalue weighted by molar-refractivity contribution is 6.30. The normalized spacial score (nSPS) is 15.9. The van der Waals surface area contributed by atoms with Gasteiger partial charge in [-0.15, -0.1) is 0 Å². The third kappa shape index (κ3) is 4.61. The SMILES string of the molecule is CC(NC(=O)c1ccc(N2CCN(C)CC2)c([N+](=O)[O-])c1)c1ccc(Cl)cc1. The first kappa shape index (κ1) is 20.1. The quantitative estimate of drug-likeness (QED) is 0.611. The number of nitro groups is 1. The largest absolute Gasteiger partial charge is 0.363 e. The maximum Gasteiger partial charge on any atom is 0.293 e. The van der Waals surface area contributed by atoms with Gasteiger partial charge in [0.2, 0.25) is 0 Å². The van der Waals surface area contributed by atoms with Crippen LogP contribution >= 0.6 is 11.6 Å². The number of anilines is 1. The molecule has 1 atom stereocenters. The molecule has 0 saturated carbocycles. The number of nitrogens with one attached hydrogen (secondary N) is 1. The molecule has 1 aliphatic rings. The van der Waals surface area contributed by atoms with Crippen molar-refractivity contribution >= 4 is 28.9 Å². The van der Waals surface area contributed by atoms with Gasteiger partial charge in [0, 0.05) is 42.8 Å². The summed E-state index contributed by atoms with van der Waals surface area (Å²) in [5, 5.41) is 15.1. The van der Waals surface area contributed by atoms with Crippen molar-refractivity contribution in [2.45, 2.75) is 13.0 Å². The Labute approximate surface area is 169 Å². The molecule has 0 bridgehead atoms. The third-order valence-electron chi connectivity index (χ3n) is 5.00. The molecule has 2 aromatic carbocycles. The van der Waals surface area contributed by atoms with Gasteiger partial charge in [-0.1, -0.05) is 23.7 Å². The van der Waals surface area contributed by atoms with Crippen LogP contribution in [0, 0.1) is 10.1 Å². The number of piperazine rings is 1. The van der Waals surface area contributed by atoms with Gasteiger partial charge in [0.25, 0.3) is 11.6 Å². The van der Waals surface area contributed by atoms with Crippen LogP contribution in [-0.4, -0.2) is 49.0 Å². The molecular formula is C20H23ClN4O3. The van der Waals surface area contributed by atoms with Gasteiger partial charge in [-0.25, -0.2) is 0 Å². The summed E-state index contributed by atoms with van der Waals surface area (Å²) in [7, 11) is 2.03. The number of hydrogen-bond acceptors (Lipinski definition) is 5. The number of nitrogens with zero attached hydrogens (tertiary/aromatic N) is 3. The molecule has 7 nitrogen and oxygen atoms in total. The zero-order chi connectivity index (χ0) is 20.3. The highest BCUT2D eigenvalue weighted by atomic mass is 35.5. The maximum atomic E-state index is 12.6. The van der Waals surface area contributed by atoms with Gasteiger partial charge >= 0.3 is 0 Å². The molecular weight excluding hydrogens is 380 g/mol. The summed E-state index contributed by atoms with van der Waals surface area (Å²) in [6.45, 7) is 4.98. The van der Waals surface area contributed by atoms with Crippen LogP contribution in [0.5, 0.6) is 0 Å². The summed E-state index contributed by atoms with van der Waals surface area (Å²) in [5.41, 5.74) is 1.68. The van der Waals surface area contributed by atoms with Crippen molar-refractivity contribution < 1.29 is 9.72 Å². The van der Waals surface area contributed by atoms with Gasteiger partial charge in [-0.3, -0.25) is 14.9 Å². The van der Waals surface area contributed by atoms with E-state index in [1.54, 1.807) is 24.3 Å². The fourth-order valence-electron chi connectivity index (χ4n) is 3.24. The van der Waals surface area contributed by atoms with E-state index < -0.39 is 4.92 Å². The number of benzene rings is 2. The van der Waals surface area contributed by atoms with Crippen molar-refractivity contribution in [1.29, 1.82) is 0 Å². The van der Waals surface area contributed by atoms with Gasteiger partial charge in [0.05, 0.1) is 11.0 Å². The molecule has 1 heterocycles. The number of nitro benzene ring substituents is 1. The van der Waals surface area contributed by atoms with E-state index >= 15 is 0 Å². The fourth-order valence-corrected chi connectivity index (χ4v) is 3.37. The lowest BCUT2D eigenvalue weighted by atomic mass is 10.1. The molecule has 1 amide bonds. The second kappa shape index (κ2) is 8.58. The van der Waals surface area contributed by atoms with Gasteiger partial charge in [-0.05, 0) is 43.8 Å². The number of hydrogen-bond donors (Lipinski definition) is 1. The molecule has 148 valence electrons. The number of likely N-dealkylation sites (N-methyl/N-ethyl adjacent to an activating group) is 1. The second-order valence-electron chi connectivity index (χ2n) is 7.00. The molecule has 8 heteroatoms.